The first-order chi connectivity index (χ1) is 18.4. The summed E-state index contributed by atoms with van der Waals surface area (Å²) in [5, 5.41) is 18.0. The summed E-state index contributed by atoms with van der Waals surface area (Å²) in [5.41, 5.74) is 20.0. The third-order valence-electron chi connectivity index (χ3n) is 6.14. The second kappa shape index (κ2) is 10.1. The van der Waals surface area contributed by atoms with Crippen molar-refractivity contribution < 1.29 is 9.90 Å². The van der Waals surface area contributed by atoms with E-state index in [0.29, 0.717) is 40.3 Å². The summed E-state index contributed by atoms with van der Waals surface area (Å²) in [4.78, 5) is 19.2. The molecule has 4 aromatic heterocycles. The first kappa shape index (κ1) is 24.6. The zero-order chi connectivity index (χ0) is 26.8. The van der Waals surface area contributed by atoms with Gasteiger partial charge in [-0.25, -0.2) is 9.97 Å². The number of aromatic nitrogens is 6. The number of aldehydes is 1. The topological polar surface area (TPSA) is 150 Å². The predicted molar refractivity (Wildman–Crippen MR) is 146 cm³/mol. The Morgan fingerprint density at radius 2 is 1.24 bits per heavy atom. The predicted octanol–water partition coefficient (Wildman–Crippen LogP) is 3.88. The third-order valence-corrected chi connectivity index (χ3v) is 6.14. The number of anilines is 2. The van der Waals surface area contributed by atoms with Gasteiger partial charge >= 0.3 is 0 Å². The first-order valence-electron chi connectivity index (χ1n) is 11.9. The molecule has 0 fully saturated rings. The number of aliphatic hydroxyl groups is 1. The maximum absolute atomic E-state index is 10.8. The number of hydrogen-bond acceptors (Lipinski definition) is 8. The molecule has 0 radical (unpaired) electrons. The summed E-state index contributed by atoms with van der Waals surface area (Å²) in [5.74, 6) is 0.726. The smallest absolute Gasteiger partial charge is 0.157 e. The Balaban J connectivity index is 0.000000155. The average Bonchev–Trinajstić information content (AvgIpc) is 3.56. The molecule has 190 valence electrons. The minimum atomic E-state index is -0.144. The number of benzene rings is 2. The molecule has 0 aliphatic rings. The Labute approximate surface area is 218 Å². The standard InChI is InChI=1S/C14H14N4O.C14H12N4O/c2*1-9-2-4-10(5-3-9)12-6-13-16-7-11(8-19)14(15)18(13)17-12/h2-7,19H,8,15H2,1H3;2-8H,15H2,1H3. The summed E-state index contributed by atoms with van der Waals surface area (Å²) in [6, 6.07) is 19.9. The second-order valence-electron chi connectivity index (χ2n) is 8.87. The summed E-state index contributed by atoms with van der Waals surface area (Å²) in [6.45, 7) is 3.93. The van der Waals surface area contributed by atoms with E-state index in [-0.39, 0.29) is 6.61 Å². The van der Waals surface area contributed by atoms with E-state index in [1.165, 1.54) is 21.8 Å². The second-order valence-corrected chi connectivity index (χ2v) is 8.87. The molecule has 0 atom stereocenters. The van der Waals surface area contributed by atoms with Gasteiger partial charge in [0.25, 0.3) is 0 Å². The molecule has 0 bridgehead atoms. The number of aryl methyl sites for hydroxylation is 2. The van der Waals surface area contributed by atoms with Crippen LogP contribution in [0.15, 0.2) is 73.1 Å². The van der Waals surface area contributed by atoms with E-state index in [1.54, 1.807) is 10.7 Å². The Morgan fingerprint density at radius 3 is 1.71 bits per heavy atom. The SMILES string of the molecule is Cc1ccc(-c2cc3ncc(C=O)c(N)n3n2)cc1.Cc1ccc(-c2cc3ncc(CO)c(N)n3n2)cc1. The minimum Gasteiger partial charge on any atom is -0.391 e. The molecule has 4 heterocycles. The van der Waals surface area contributed by atoms with Gasteiger partial charge in [0.15, 0.2) is 17.6 Å². The fraction of sp³-hybridized carbons (Fsp3) is 0.107. The number of carbonyl (C=O) groups excluding carboxylic acids is 1. The zero-order valence-electron chi connectivity index (χ0n) is 20.9. The number of aliphatic hydroxyl groups excluding tert-OH is 1. The van der Waals surface area contributed by atoms with Crippen molar-refractivity contribution in [2.45, 2.75) is 20.5 Å². The van der Waals surface area contributed by atoms with Crippen molar-refractivity contribution in [3.8, 4) is 22.5 Å². The van der Waals surface area contributed by atoms with E-state index in [0.717, 1.165) is 22.5 Å². The van der Waals surface area contributed by atoms with Crippen molar-refractivity contribution in [2.75, 3.05) is 11.5 Å². The minimum absolute atomic E-state index is 0.144. The Hall–Kier alpha value is -5.09. The van der Waals surface area contributed by atoms with Gasteiger partial charge in [-0.15, -0.1) is 0 Å². The number of nitrogens with two attached hydrogens (primary N) is 2. The molecule has 5 N–H and O–H groups in total. The molecule has 6 rings (SSSR count). The van der Waals surface area contributed by atoms with E-state index in [4.69, 9.17) is 11.5 Å². The Kier molecular flexibility index (Phi) is 6.55. The summed E-state index contributed by atoms with van der Waals surface area (Å²) >= 11 is 0. The van der Waals surface area contributed by atoms with Crippen LogP contribution in [0, 0.1) is 13.8 Å². The highest BCUT2D eigenvalue weighted by molar-refractivity contribution is 5.82. The van der Waals surface area contributed by atoms with Gasteiger partial charge < -0.3 is 16.6 Å². The summed E-state index contributed by atoms with van der Waals surface area (Å²) < 4.78 is 3.04. The van der Waals surface area contributed by atoms with Crippen molar-refractivity contribution in [2.24, 2.45) is 0 Å². The molecule has 0 saturated carbocycles. The number of carbonyl (C=O) groups is 1. The van der Waals surface area contributed by atoms with Crippen LogP contribution < -0.4 is 11.5 Å². The Morgan fingerprint density at radius 1 is 0.763 bits per heavy atom. The number of nitrogens with zero attached hydrogens (tertiary/aromatic N) is 6. The normalized spacial score (nSPS) is 10.9. The van der Waals surface area contributed by atoms with E-state index in [2.05, 4.69) is 20.2 Å². The van der Waals surface area contributed by atoms with Crippen LogP contribution in [0.5, 0.6) is 0 Å². The van der Waals surface area contributed by atoms with Gasteiger partial charge in [0.1, 0.15) is 11.6 Å². The van der Waals surface area contributed by atoms with E-state index >= 15 is 0 Å². The molecule has 0 aliphatic carbocycles. The molecule has 10 nitrogen and oxygen atoms in total. The lowest BCUT2D eigenvalue weighted by Gasteiger charge is -2.02. The molecule has 0 unspecified atom stereocenters. The van der Waals surface area contributed by atoms with Gasteiger partial charge in [-0.1, -0.05) is 59.7 Å². The van der Waals surface area contributed by atoms with Crippen LogP contribution in [0.25, 0.3) is 33.8 Å². The highest BCUT2D eigenvalue weighted by Crippen LogP contribution is 2.23. The fourth-order valence-corrected chi connectivity index (χ4v) is 3.89. The number of fused-ring (bicyclic) bond motifs is 2. The Bertz CT molecular complexity index is 1750. The monoisotopic (exact) mass is 506 g/mol. The number of rotatable bonds is 4. The molecule has 6 aromatic rings. The van der Waals surface area contributed by atoms with Crippen molar-refractivity contribution >= 4 is 29.2 Å². The lowest BCUT2D eigenvalue weighted by atomic mass is 10.1. The number of nitrogen functional groups attached to an aromatic ring is 2. The highest BCUT2D eigenvalue weighted by Gasteiger charge is 2.11. The number of hydrogen-bond donors (Lipinski definition) is 3. The van der Waals surface area contributed by atoms with Gasteiger partial charge in [-0.2, -0.15) is 19.2 Å². The lowest BCUT2D eigenvalue weighted by Crippen LogP contribution is -2.04. The molecule has 38 heavy (non-hydrogen) atoms. The van der Waals surface area contributed by atoms with Gasteiger partial charge in [0.2, 0.25) is 0 Å². The van der Waals surface area contributed by atoms with Crippen LogP contribution in [0.1, 0.15) is 27.0 Å². The summed E-state index contributed by atoms with van der Waals surface area (Å²) in [7, 11) is 0. The highest BCUT2D eigenvalue weighted by atomic mass is 16.3. The van der Waals surface area contributed by atoms with Gasteiger partial charge in [-0.3, -0.25) is 4.79 Å². The van der Waals surface area contributed by atoms with Crippen LogP contribution in [0.3, 0.4) is 0 Å². The van der Waals surface area contributed by atoms with Crippen molar-refractivity contribution in [3.63, 3.8) is 0 Å². The average molecular weight is 507 g/mol. The molecule has 2 aromatic carbocycles. The summed E-state index contributed by atoms with van der Waals surface area (Å²) in [6.07, 6.45) is 3.71. The first-order valence-corrected chi connectivity index (χ1v) is 11.9. The van der Waals surface area contributed by atoms with Crippen LogP contribution >= 0.6 is 0 Å². The van der Waals surface area contributed by atoms with E-state index in [1.807, 2.05) is 74.5 Å². The molecule has 10 heteroatoms. The van der Waals surface area contributed by atoms with E-state index in [9.17, 15) is 9.90 Å². The molecular formula is C28H26N8O2. The molecule has 0 aliphatic heterocycles. The van der Waals surface area contributed by atoms with Gasteiger partial charge in [0, 0.05) is 41.2 Å². The molecule has 0 spiro atoms. The van der Waals surface area contributed by atoms with E-state index < -0.39 is 0 Å². The van der Waals surface area contributed by atoms with Crippen LogP contribution in [-0.4, -0.2) is 40.6 Å². The molecule has 0 amide bonds. The third kappa shape index (κ3) is 4.67. The van der Waals surface area contributed by atoms with Gasteiger partial charge in [-0.05, 0) is 13.8 Å². The zero-order valence-corrected chi connectivity index (χ0v) is 20.9. The van der Waals surface area contributed by atoms with Crippen molar-refractivity contribution in [1.29, 1.82) is 0 Å². The largest absolute Gasteiger partial charge is 0.391 e. The van der Waals surface area contributed by atoms with Gasteiger partial charge in [0.05, 0.1) is 23.6 Å². The molecular weight excluding hydrogens is 480 g/mol. The lowest BCUT2D eigenvalue weighted by molar-refractivity contribution is 0.112. The molecule has 0 saturated heterocycles. The van der Waals surface area contributed by atoms with Crippen molar-refractivity contribution in [1.82, 2.24) is 29.2 Å². The fourth-order valence-electron chi connectivity index (χ4n) is 3.89. The van der Waals surface area contributed by atoms with Crippen LogP contribution in [0.2, 0.25) is 0 Å². The van der Waals surface area contributed by atoms with Crippen LogP contribution in [-0.2, 0) is 6.61 Å². The quantitative estimate of drug-likeness (QED) is 0.305. The van der Waals surface area contributed by atoms with Crippen LogP contribution in [0.4, 0.5) is 11.6 Å². The maximum Gasteiger partial charge on any atom is 0.157 e. The maximum atomic E-state index is 10.8. The van der Waals surface area contributed by atoms with Crippen molar-refractivity contribution in [3.05, 3.63) is 95.3 Å².